The van der Waals surface area contributed by atoms with Crippen molar-refractivity contribution >= 4 is 0 Å². The van der Waals surface area contributed by atoms with E-state index in [2.05, 4.69) is 9.88 Å². The Balaban J connectivity index is 2.09. The molecule has 0 aliphatic carbocycles. The molecular formula is C11H17N3O. The zero-order valence-electron chi connectivity index (χ0n) is 8.80. The lowest BCUT2D eigenvalue weighted by Gasteiger charge is -2.33. The first-order chi connectivity index (χ1) is 7.42. The molecule has 1 saturated heterocycles. The molecule has 0 unspecified atom stereocenters. The van der Waals surface area contributed by atoms with E-state index in [1.807, 2.05) is 24.5 Å². The van der Waals surface area contributed by atoms with Crippen LogP contribution in [-0.4, -0.2) is 42.7 Å². The lowest BCUT2D eigenvalue weighted by molar-refractivity contribution is 0.0179. The Bertz CT molecular complexity index is 285. The first-order valence-electron chi connectivity index (χ1n) is 5.33. The number of hydrogen-bond acceptors (Lipinski definition) is 4. The van der Waals surface area contributed by atoms with Crippen molar-refractivity contribution in [3.05, 3.63) is 30.1 Å². The van der Waals surface area contributed by atoms with E-state index in [9.17, 15) is 0 Å². The fourth-order valence-corrected chi connectivity index (χ4v) is 1.97. The molecule has 0 bridgehead atoms. The van der Waals surface area contributed by atoms with Crippen molar-refractivity contribution in [1.29, 1.82) is 0 Å². The number of hydrogen-bond donors (Lipinski definition) is 1. The quantitative estimate of drug-likeness (QED) is 0.780. The normalized spacial score (nSPS) is 20.1. The van der Waals surface area contributed by atoms with Crippen LogP contribution >= 0.6 is 0 Å². The number of nitrogens with two attached hydrogens (primary N) is 1. The number of rotatable bonds is 3. The van der Waals surface area contributed by atoms with Crippen molar-refractivity contribution in [3.63, 3.8) is 0 Å². The smallest absolute Gasteiger partial charge is 0.0594 e. The molecule has 1 atom stereocenters. The molecule has 1 aromatic heterocycles. The van der Waals surface area contributed by atoms with Crippen molar-refractivity contribution in [2.75, 3.05) is 32.8 Å². The number of aromatic nitrogens is 1. The zero-order chi connectivity index (χ0) is 10.5. The molecule has 15 heavy (non-hydrogen) atoms. The van der Waals surface area contributed by atoms with Gasteiger partial charge < -0.3 is 10.5 Å². The molecule has 4 nitrogen and oxygen atoms in total. The van der Waals surface area contributed by atoms with Gasteiger partial charge in [-0.2, -0.15) is 0 Å². The highest BCUT2D eigenvalue weighted by Gasteiger charge is 2.20. The molecule has 0 spiro atoms. The Kier molecular flexibility index (Phi) is 3.66. The molecule has 1 fully saturated rings. The van der Waals surface area contributed by atoms with E-state index in [4.69, 9.17) is 10.5 Å². The summed E-state index contributed by atoms with van der Waals surface area (Å²) in [5.74, 6) is 0. The van der Waals surface area contributed by atoms with Gasteiger partial charge in [-0.05, 0) is 17.7 Å². The highest BCUT2D eigenvalue weighted by atomic mass is 16.5. The van der Waals surface area contributed by atoms with E-state index in [1.165, 1.54) is 5.56 Å². The maximum absolute atomic E-state index is 5.83. The Hall–Kier alpha value is -0.970. The standard InChI is InChI=1S/C11H17N3O/c12-9-11(10-1-3-13-4-2-10)14-5-7-15-8-6-14/h1-4,11H,5-9,12H2/t11-/m0/s1. The maximum atomic E-state index is 5.83. The van der Waals surface area contributed by atoms with Crippen LogP contribution in [0.2, 0.25) is 0 Å². The fourth-order valence-electron chi connectivity index (χ4n) is 1.97. The Morgan fingerprint density at radius 3 is 2.60 bits per heavy atom. The SMILES string of the molecule is NC[C@@H](c1ccncc1)N1CCOCC1. The predicted octanol–water partition coefficient (Wildman–Crippen LogP) is 0.414. The molecule has 0 amide bonds. The van der Waals surface area contributed by atoms with Crippen molar-refractivity contribution in [2.24, 2.45) is 5.73 Å². The van der Waals surface area contributed by atoms with Gasteiger partial charge in [0.25, 0.3) is 0 Å². The summed E-state index contributed by atoms with van der Waals surface area (Å²) in [5, 5.41) is 0. The summed E-state index contributed by atoms with van der Waals surface area (Å²) in [6, 6.07) is 4.37. The molecule has 2 N–H and O–H groups in total. The molecule has 2 heterocycles. The third-order valence-corrected chi connectivity index (χ3v) is 2.80. The summed E-state index contributed by atoms with van der Waals surface area (Å²) in [6.07, 6.45) is 3.64. The summed E-state index contributed by atoms with van der Waals surface area (Å²) >= 11 is 0. The second kappa shape index (κ2) is 5.21. The molecule has 4 heteroatoms. The van der Waals surface area contributed by atoms with Gasteiger partial charge in [0, 0.05) is 38.1 Å². The summed E-state index contributed by atoms with van der Waals surface area (Å²) < 4.78 is 5.34. The highest BCUT2D eigenvalue weighted by Crippen LogP contribution is 2.19. The van der Waals surface area contributed by atoms with Crippen molar-refractivity contribution in [3.8, 4) is 0 Å². The van der Waals surface area contributed by atoms with Crippen LogP contribution < -0.4 is 5.73 Å². The van der Waals surface area contributed by atoms with Crippen LogP contribution in [0.3, 0.4) is 0 Å². The Morgan fingerprint density at radius 1 is 1.33 bits per heavy atom. The predicted molar refractivity (Wildman–Crippen MR) is 58.4 cm³/mol. The fraction of sp³-hybridized carbons (Fsp3) is 0.545. The number of morpholine rings is 1. The minimum atomic E-state index is 0.303. The van der Waals surface area contributed by atoms with Gasteiger partial charge in [-0.1, -0.05) is 0 Å². The summed E-state index contributed by atoms with van der Waals surface area (Å²) in [6.45, 7) is 4.18. The Morgan fingerprint density at radius 2 is 2.00 bits per heavy atom. The lowest BCUT2D eigenvalue weighted by Crippen LogP contribution is -2.41. The number of nitrogens with zero attached hydrogens (tertiary/aromatic N) is 2. The van der Waals surface area contributed by atoms with Crippen molar-refractivity contribution in [2.45, 2.75) is 6.04 Å². The summed E-state index contributed by atoms with van der Waals surface area (Å²) in [5.41, 5.74) is 7.08. The van der Waals surface area contributed by atoms with Crippen LogP contribution in [0, 0.1) is 0 Å². The lowest BCUT2D eigenvalue weighted by atomic mass is 10.1. The van der Waals surface area contributed by atoms with Crippen LogP contribution in [0.15, 0.2) is 24.5 Å². The van der Waals surface area contributed by atoms with Crippen LogP contribution in [-0.2, 0) is 4.74 Å². The molecular weight excluding hydrogens is 190 g/mol. The maximum Gasteiger partial charge on any atom is 0.0594 e. The minimum absolute atomic E-state index is 0.303. The first kappa shape index (κ1) is 10.5. The van der Waals surface area contributed by atoms with E-state index in [1.54, 1.807) is 0 Å². The van der Waals surface area contributed by atoms with Crippen LogP contribution in [0.1, 0.15) is 11.6 Å². The van der Waals surface area contributed by atoms with Gasteiger partial charge in [-0.25, -0.2) is 0 Å². The largest absolute Gasteiger partial charge is 0.379 e. The van der Waals surface area contributed by atoms with Gasteiger partial charge in [0.05, 0.1) is 13.2 Å². The molecule has 0 saturated carbocycles. The second-order valence-corrected chi connectivity index (χ2v) is 3.68. The van der Waals surface area contributed by atoms with Crippen molar-refractivity contribution in [1.82, 2.24) is 9.88 Å². The second-order valence-electron chi connectivity index (χ2n) is 3.68. The minimum Gasteiger partial charge on any atom is -0.379 e. The Labute approximate surface area is 90.0 Å². The third-order valence-electron chi connectivity index (χ3n) is 2.80. The van der Waals surface area contributed by atoms with Crippen LogP contribution in [0.4, 0.5) is 0 Å². The number of pyridine rings is 1. The molecule has 0 radical (unpaired) electrons. The van der Waals surface area contributed by atoms with Gasteiger partial charge in [0.2, 0.25) is 0 Å². The summed E-state index contributed by atoms with van der Waals surface area (Å²) in [4.78, 5) is 6.40. The van der Waals surface area contributed by atoms with Crippen LogP contribution in [0.25, 0.3) is 0 Å². The number of ether oxygens (including phenoxy) is 1. The molecule has 2 rings (SSSR count). The molecule has 82 valence electrons. The van der Waals surface area contributed by atoms with Gasteiger partial charge in [-0.3, -0.25) is 9.88 Å². The first-order valence-corrected chi connectivity index (χ1v) is 5.33. The third kappa shape index (κ3) is 2.53. The van der Waals surface area contributed by atoms with Gasteiger partial charge in [-0.15, -0.1) is 0 Å². The van der Waals surface area contributed by atoms with E-state index in [-0.39, 0.29) is 0 Å². The molecule has 1 aliphatic rings. The van der Waals surface area contributed by atoms with Crippen molar-refractivity contribution < 1.29 is 4.74 Å². The van der Waals surface area contributed by atoms with E-state index < -0.39 is 0 Å². The average molecular weight is 207 g/mol. The zero-order valence-corrected chi connectivity index (χ0v) is 8.80. The molecule has 1 aromatic rings. The van der Waals surface area contributed by atoms with E-state index in [0.717, 1.165) is 26.3 Å². The van der Waals surface area contributed by atoms with Gasteiger partial charge in [0.15, 0.2) is 0 Å². The monoisotopic (exact) mass is 207 g/mol. The average Bonchev–Trinajstić information content (AvgIpc) is 2.33. The van der Waals surface area contributed by atoms with E-state index >= 15 is 0 Å². The topological polar surface area (TPSA) is 51.4 Å². The van der Waals surface area contributed by atoms with Gasteiger partial charge >= 0.3 is 0 Å². The molecule has 0 aromatic carbocycles. The van der Waals surface area contributed by atoms with Gasteiger partial charge in [0.1, 0.15) is 0 Å². The van der Waals surface area contributed by atoms with E-state index in [0.29, 0.717) is 12.6 Å². The highest BCUT2D eigenvalue weighted by molar-refractivity contribution is 5.15. The van der Waals surface area contributed by atoms with Crippen LogP contribution in [0.5, 0.6) is 0 Å². The molecule has 1 aliphatic heterocycles. The summed E-state index contributed by atoms with van der Waals surface area (Å²) in [7, 11) is 0.